The fourth-order valence-corrected chi connectivity index (χ4v) is 3.28. The van der Waals surface area contributed by atoms with Crippen molar-refractivity contribution in [3.05, 3.63) is 47.2 Å². The van der Waals surface area contributed by atoms with Crippen LogP contribution >= 0.6 is 0 Å². The molecule has 0 unspecified atom stereocenters. The number of benzene rings is 1. The minimum atomic E-state index is -4.33. The molecule has 0 aliphatic heterocycles. The minimum absolute atomic E-state index is 0.0225. The second-order valence-corrected chi connectivity index (χ2v) is 5.82. The lowest BCUT2D eigenvalue weighted by Crippen LogP contribution is -2.31. The Morgan fingerprint density at radius 3 is 2.70 bits per heavy atom. The maximum Gasteiger partial charge on any atom is 0.416 e. The van der Waals surface area contributed by atoms with Gasteiger partial charge in [0.1, 0.15) is 0 Å². The summed E-state index contributed by atoms with van der Waals surface area (Å²) in [6.45, 7) is 2.07. The molecule has 3 rings (SSSR count). The molecule has 1 aliphatic rings. The van der Waals surface area contributed by atoms with Crippen molar-refractivity contribution in [1.29, 1.82) is 0 Å². The average Bonchev–Trinajstić information content (AvgIpc) is 3.13. The van der Waals surface area contributed by atoms with Gasteiger partial charge in [-0.3, -0.25) is 0 Å². The first-order valence-electron chi connectivity index (χ1n) is 7.63. The van der Waals surface area contributed by atoms with Gasteiger partial charge in [-0.2, -0.15) is 13.2 Å². The molecule has 1 saturated carbocycles. The van der Waals surface area contributed by atoms with Crippen molar-refractivity contribution in [2.45, 2.75) is 50.9 Å². The quantitative estimate of drug-likeness (QED) is 0.928. The van der Waals surface area contributed by atoms with Gasteiger partial charge in [-0.25, -0.2) is 0 Å². The van der Waals surface area contributed by atoms with Crippen LogP contribution in [0.5, 0.6) is 0 Å². The molecular weight excluding hydrogens is 307 g/mol. The van der Waals surface area contributed by atoms with Crippen LogP contribution in [0.4, 0.5) is 13.2 Å². The molecule has 1 N–H and O–H groups in total. The molecule has 2 atom stereocenters. The van der Waals surface area contributed by atoms with Gasteiger partial charge in [-0.15, -0.1) is 10.2 Å². The molecule has 0 saturated heterocycles. The summed E-state index contributed by atoms with van der Waals surface area (Å²) in [7, 11) is 0. The zero-order valence-corrected chi connectivity index (χ0v) is 12.7. The van der Waals surface area contributed by atoms with Crippen LogP contribution in [0.15, 0.2) is 28.7 Å². The summed E-state index contributed by atoms with van der Waals surface area (Å²) in [6, 6.07) is 5.83. The first-order chi connectivity index (χ1) is 10.9. The van der Waals surface area contributed by atoms with Gasteiger partial charge < -0.3 is 9.73 Å². The molecule has 4 nitrogen and oxygen atoms in total. The van der Waals surface area contributed by atoms with Crippen molar-refractivity contribution >= 4 is 0 Å². The lowest BCUT2D eigenvalue weighted by atomic mass is 9.90. The highest BCUT2D eigenvalue weighted by Crippen LogP contribution is 2.41. The molecule has 1 fully saturated rings. The van der Waals surface area contributed by atoms with Crippen LogP contribution in [0, 0.1) is 6.92 Å². The molecule has 0 amide bonds. The van der Waals surface area contributed by atoms with Crippen LogP contribution < -0.4 is 5.32 Å². The minimum Gasteiger partial charge on any atom is -0.424 e. The molecule has 1 aliphatic carbocycles. The molecule has 2 aromatic rings. The summed E-state index contributed by atoms with van der Waals surface area (Å²) in [5.41, 5.74) is -0.163. The van der Waals surface area contributed by atoms with E-state index < -0.39 is 11.7 Å². The molecule has 23 heavy (non-hydrogen) atoms. The van der Waals surface area contributed by atoms with Crippen molar-refractivity contribution in [2.24, 2.45) is 0 Å². The smallest absolute Gasteiger partial charge is 0.416 e. The highest BCUT2D eigenvalue weighted by atomic mass is 19.4. The van der Waals surface area contributed by atoms with Crippen molar-refractivity contribution in [3.63, 3.8) is 0 Å². The van der Waals surface area contributed by atoms with Crippen LogP contribution in [-0.2, 0) is 12.7 Å². The van der Waals surface area contributed by atoms with Crippen molar-refractivity contribution in [3.8, 4) is 0 Å². The predicted octanol–water partition coefficient (Wildman–Crippen LogP) is 3.82. The summed E-state index contributed by atoms with van der Waals surface area (Å²) in [5, 5.41) is 10.9. The van der Waals surface area contributed by atoms with E-state index in [1.807, 2.05) is 0 Å². The van der Waals surface area contributed by atoms with Gasteiger partial charge in [0.05, 0.1) is 12.1 Å². The summed E-state index contributed by atoms with van der Waals surface area (Å²) < 4.78 is 45.0. The van der Waals surface area contributed by atoms with Gasteiger partial charge in [0, 0.05) is 13.0 Å². The Hall–Kier alpha value is -1.89. The summed E-state index contributed by atoms with van der Waals surface area (Å²) >= 11 is 0. The Morgan fingerprint density at radius 1 is 1.22 bits per heavy atom. The van der Waals surface area contributed by atoms with E-state index in [1.54, 1.807) is 19.1 Å². The van der Waals surface area contributed by atoms with E-state index in [-0.39, 0.29) is 12.0 Å². The van der Waals surface area contributed by atoms with Crippen molar-refractivity contribution in [2.75, 3.05) is 0 Å². The van der Waals surface area contributed by atoms with E-state index >= 15 is 0 Å². The fourth-order valence-electron chi connectivity index (χ4n) is 3.28. The fraction of sp³-hybridized carbons (Fsp3) is 0.500. The molecular formula is C16H18F3N3O. The predicted molar refractivity (Wildman–Crippen MR) is 77.7 cm³/mol. The van der Waals surface area contributed by atoms with Gasteiger partial charge in [0.25, 0.3) is 0 Å². The first-order valence-corrected chi connectivity index (χ1v) is 7.63. The van der Waals surface area contributed by atoms with E-state index in [2.05, 4.69) is 15.5 Å². The Bertz CT molecular complexity index is 669. The SMILES string of the molecule is Cc1nnc(CN[C@H]2CCC[C@@H]2c2ccccc2C(F)(F)F)o1. The van der Waals surface area contributed by atoms with Gasteiger partial charge in [-0.05, 0) is 30.4 Å². The molecule has 0 radical (unpaired) electrons. The number of nitrogens with zero attached hydrogens (tertiary/aromatic N) is 2. The average molecular weight is 325 g/mol. The lowest BCUT2D eigenvalue weighted by Gasteiger charge is -2.24. The molecule has 7 heteroatoms. The molecule has 0 spiro atoms. The maximum atomic E-state index is 13.2. The van der Waals surface area contributed by atoms with Gasteiger partial charge in [-0.1, -0.05) is 24.6 Å². The third-order valence-corrected chi connectivity index (χ3v) is 4.26. The van der Waals surface area contributed by atoms with Crippen LogP contribution in [-0.4, -0.2) is 16.2 Å². The number of hydrogen-bond donors (Lipinski definition) is 1. The Kier molecular flexibility index (Phi) is 4.39. The van der Waals surface area contributed by atoms with Gasteiger partial charge in [0.15, 0.2) is 0 Å². The van der Waals surface area contributed by atoms with Crippen LogP contribution in [0.1, 0.15) is 48.1 Å². The number of aromatic nitrogens is 2. The van der Waals surface area contributed by atoms with Gasteiger partial charge in [0.2, 0.25) is 11.8 Å². The highest BCUT2D eigenvalue weighted by molar-refractivity contribution is 5.34. The standard InChI is InChI=1S/C16H18F3N3O/c1-10-21-22-15(23-10)9-20-14-8-4-6-12(14)11-5-2-3-7-13(11)16(17,18)19/h2-3,5,7,12,14,20H,4,6,8-9H2,1H3/t12-,14+/m1/s1. The van der Waals surface area contributed by atoms with E-state index in [4.69, 9.17) is 4.42 Å². The van der Waals surface area contributed by atoms with E-state index in [0.29, 0.717) is 23.9 Å². The molecule has 0 bridgehead atoms. The number of rotatable bonds is 4. The second kappa shape index (κ2) is 6.31. The molecule has 1 aromatic heterocycles. The molecule has 124 valence electrons. The largest absolute Gasteiger partial charge is 0.424 e. The van der Waals surface area contributed by atoms with E-state index in [0.717, 1.165) is 25.3 Å². The number of nitrogens with one attached hydrogen (secondary N) is 1. The Balaban J connectivity index is 1.77. The molecule has 1 aromatic carbocycles. The third kappa shape index (κ3) is 3.55. The highest BCUT2D eigenvalue weighted by Gasteiger charge is 2.38. The number of aryl methyl sites for hydroxylation is 1. The first kappa shape index (κ1) is 16.0. The summed E-state index contributed by atoms with van der Waals surface area (Å²) in [4.78, 5) is 0. The van der Waals surface area contributed by atoms with Crippen molar-refractivity contribution in [1.82, 2.24) is 15.5 Å². The van der Waals surface area contributed by atoms with Crippen LogP contribution in [0.25, 0.3) is 0 Å². The number of halogens is 3. The summed E-state index contributed by atoms with van der Waals surface area (Å²) in [6.07, 6.45) is -1.84. The van der Waals surface area contributed by atoms with Crippen LogP contribution in [0.2, 0.25) is 0 Å². The van der Waals surface area contributed by atoms with Gasteiger partial charge >= 0.3 is 6.18 Å². The maximum absolute atomic E-state index is 13.2. The monoisotopic (exact) mass is 325 g/mol. The van der Waals surface area contributed by atoms with Crippen LogP contribution in [0.3, 0.4) is 0 Å². The topological polar surface area (TPSA) is 51.0 Å². The number of hydrogen-bond acceptors (Lipinski definition) is 4. The number of alkyl halides is 3. The lowest BCUT2D eigenvalue weighted by molar-refractivity contribution is -0.138. The van der Waals surface area contributed by atoms with Crippen molar-refractivity contribution < 1.29 is 17.6 Å². The molecule has 1 heterocycles. The van der Waals surface area contributed by atoms with E-state index in [1.165, 1.54) is 6.07 Å². The normalized spacial score (nSPS) is 21.7. The zero-order chi connectivity index (χ0) is 16.4. The Labute approximate surface area is 132 Å². The summed E-state index contributed by atoms with van der Waals surface area (Å²) in [5.74, 6) is 0.779. The zero-order valence-electron chi connectivity index (χ0n) is 12.7. The second-order valence-electron chi connectivity index (χ2n) is 5.82. The van der Waals surface area contributed by atoms with E-state index in [9.17, 15) is 13.2 Å². The Morgan fingerprint density at radius 2 is 2.00 bits per heavy atom. The third-order valence-electron chi connectivity index (χ3n) is 4.26.